The summed E-state index contributed by atoms with van der Waals surface area (Å²) in [7, 11) is -3.51. The van der Waals surface area contributed by atoms with E-state index >= 15 is 0 Å². The molecule has 2 aliphatic rings. The zero-order valence-corrected chi connectivity index (χ0v) is 15.8. The summed E-state index contributed by atoms with van der Waals surface area (Å²) in [4.78, 5) is 13.8. The van der Waals surface area contributed by atoms with E-state index in [1.54, 1.807) is 30.0 Å². The molecule has 0 aromatic heterocycles. The Hall–Kier alpha value is -1.40. The number of nitrogens with zero attached hydrogens (tertiary/aromatic N) is 1. The zero-order valence-electron chi connectivity index (χ0n) is 15.0. The third-order valence-electron chi connectivity index (χ3n) is 5.29. The van der Waals surface area contributed by atoms with E-state index in [0.29, 0.717) is 11.4 Å². The van der Waals surface area contributed by atoms with Gasteiger partial charge >= 0.3 is 0 Å². The second-order valence-corrected chi connectivity index (χ2v) is 8.94. The first-order valence-corrected chi connectivity index (χ1v) is 10.9. The van der Waals surface area contributed by atoms with Crippen molar-refractivity contribution in [3.8, 4) is 0 Å². The van der Waals surface area contributed by atoms with Gasteiger partial charge in [0.25, 0.3) is 0 Å². The van der Waals surface area contributed by atoms with Crippen molar-refractivity contribution in [1.82, 2.24) is 4.72 Å². The summed E-state index contributed by atoms with van der Waals surface area (Å²) in [6.45, 7) is 2.25. The van der Waals surface area contributed by atoms with Crippen molar-refractivity contribution in [2.45, 2.75) is 75.6 Å². The molecule has 1 heterocycles. The van der Waals surface area contributed by atoms with Crippen LogP contribution >= 0.6 is 0 Å². The average molecular weight is 365 g/mol. The lowest BCUT2D eigenvalue weighted by Crippen LogP contribution is -2.36. The normalized spacial score (nSPS) is 19.8. The van der Waals surface area contributed by atoms with Crippen LogP contribution in [0.5, 0.6) is 0 Å². The van der Waals surface area contributed by atoms with E-state index in [4.69, 9.17) is 0 Å². The minimum atomic E-state index is -3.51. The molecule has 0 saturated heterocycles. The molecular weight excluding hydrogens is 336 g/mol. The first kappa shape index (κ1) is 18.4. The minimum Gasteiger partial charge on any atom is -0.312 e. The molecule has 1 aliphatic carbocycles. The molecule has 0 unspecified atom stereocenters. The van der Waals surface area contributed by atoms with Crippen LogP contribution in [0.2, 0.25) is 0 Å². The van der Waals surface area contributed by atoms with Gasteiger partial charge < -0.3 is 4.90 Å². The van der Waals surface area contributed by atoms with E-state index in [1.165, 1.54) is 19.3 Å². The molecule has 0 radical (unpaired) electrons. The van der Waals surface area contributed by atoms with E-state index in [2.05, 4.69) is 4.72 Å². The van der Waals surface area contributed by atoms with Gasteiger partial charge in [-0.1, -0.05) is 32.1 Å². The lowest BCUT2D eigenvalue weighted by molar-refractivity contribution is -0.116. The lowest BCUT2D eigenvalue weighted by Gasteiger charge is -2.29. The number of benzene rings is 1. The highest BCUT2D eigenvalue weighted by Crippen LogP contribution is 2.30. The Morgan fingerprint density at radius 1 is 1.08 bits per heavy atom. The van der Waals surface area contributed by atoms with Crippen LogP contribution in [-0.2, 0) is 21.2 Å². The van der Waals surface area contributed by atoms with Crippen molar-refractivity contribution in [2.75, 3.05) is 11.4 Å². The topological polar surface area (TPSA) is 66.5 Å². The van der Waals surface area contributed by atoms with Crippen LogP contribution < -0.4 is 9.62 Å². The molecule has 6 heteroatoms. The first-order valence-electron chi connectivity index (χ1n) is 9.41. The number of rotatable bonds is 3. The quantitative estimate of drug-likeness (QED) is 0.894. The maximum Gasteiger partial charge on any atom is 0.240 e. The van der Waals surface area contributed by atoms with E-state index in [0.717, 1.165) is 49.8 Å². The SMILES string of the molecule is CC(=O)N1CCCc2cc(S(=O)(=O)NC3CCCCCCC3)ccc21. The molecule has 138 valence electrons. The van der Waals surface area contributed by atoms with Crippen molar-refractivity contribution in [3.63, 3.8) is 0 Å². The van der Waals surface area contributed by atoms with Crippen LogP contribution in [-0.4, -0.2) is 26.9 Å². The summed E-state index contributed by atoms with van der Waals surface area (Å²) in [6.07, 6.45) is 9.34. The first-order chi connectivity index (χ1) is 12.0. The fourth-order valence-corrected chi connectivity index (χ4v) is 5.28. The Bertz CT molecular complexity index is 722. The van der Waals surface area contributed by atoms with Crippen molar-refractivity contribution in [2.24, 2.45) is 0 Å². The number of fused-ring (bicyclic) bond motifs is 1. The van der Waals surface area contributed by atoms with Crippen molar-refractivity contribution in [1.29, 1.82) is 0 Å². The van der Waals surface area contributed by atoms with Gasteiger partial charge in [-0.3, -0.25) is 4.79 Å². The van der Waals surface area contributed by atoms with Gasteiger partial charge in [0.05, 0.1) is 4.90 Å². The predicted molar refractivity (Wildman–Crippen MR) is 99.2 cm³/mol. The van der Waals surface area contributed by atoms with Crippen LogP contribution in [0.1, 0.15) is 63.9 Å². The van der Waals surface area contributed by atoms with Gasteiger partial charge in [0.15, 0.2) is 0 Å². The smallest absolute Gasteiger partial charge is 0.240 e. The Morgan fingerprint density at radius 2 is 1.76 bits per heavy atom. The lowest BCUT2D eigenvalue weighted by atomic mass is 9.97. The monoisotopic (exact) mass is 364 g/mol. The highest BCUT2D eigenvalue weighted by atomic mass is 32.2. The number of sulfonamides is 1. The van der Waals surface area contributed by atoms with Crippen molar-refractivity contribution >= 4 is 21.6 Å². The molecule has 1 fully saturated rings. The van der Waals surface area contributed by atoms with Crippen molar-refractivity contribution < 1.29 is 13.2 Å². The van der Waals surface area contributed by atoms with Gasteiger partial charge in [-0.05, 0) is 49.4 Å². The van der Waals surface area contributed by atoms with Crippen LogP contribution in [0.15, 0.2) is 23.1 Å². The molecule has 0 atom stereocenters. The fourth-order valence-electron chi connectivity index (χ4n) is 3.93. The third-order valence-corrected chi connectivity index (χ3v) is 6.81. The van der Waals surface area contributed by atoms with E-state index in [9.17, 15) is 13.2 Å². The second kappa shape index (κ2) is 7.87. The van der Waals surface area contributed by atoms with Gasteiger partial charge in [0.1, 0.15) is 0 Å². The van der Waals surface area contributed by atoms with Gasteiger partial charge in [0, 0.05) is 25.2 Å². The molecule has 25 heavy (non-hydrogen) atoms. The summed E-state index contributed by atoms with van der Waals surface area (Å²) < 4.78 is 28.5. The largest absolute Gasteiger partial charge is 0.312 e. The fraction of sp³-hybridized carbons (Fsp3) is 0.632. The highest BCUT2D eigenvalue weighted by molar-refractivity contribution is 7.89. The molecule has 1 N–H and O–H groups in total. The molecule has 3 rings (SSSR count). The number of aryl methyl sites for hydroxylation is 1. The molecule has 1 aromatic carbocycles. The summed E-state index contributed by atoms with van der Waals surface area (Å²) in [5, 5.41) is 0. The number of carbonyl (C=O) groups is 1. The minimum absolute atomic E-state index is 0.00389. The Kier molecular flexibility index (Phi) is 5.79. The maximum atomic E-state index is 12.8. The van der Waals surface area contributed by atoms with E-state index in [1.807, 2.05) is 0 Å². The number of nitrogens with one attached hydrogen (secondary N) is 1. The van der Waals surface area contributed by atoms with Gasteiger partial charge in [0.2, 0.25) is 15.9 Å². The van der Waals surface area contributed by atoms with Crippen LogP contribution in [0, 0.1) is 0 Å². The summed E-state index contributed by atoms with van der Waals surface area (Å²) >= 11 is 0. The Balaban J connectivity index is 1.79. The molecule has 1 aliphatic heterocycles. The van der Waals surface area contributed by atoms with Gasteiger partial charge in [-0.15, -0.1) is 0 Å². The average Bonchev–Trinajstić information content (AvgIpc) is 2.56. The summed E-state index contributed by atoms with van der Waals surface area (Å²) in [5.74, 6) is 0.00389. The molecule has 1 aromatic rings. The molecule has 0 bridgehead atoms. The highest BCUT2D eigenvalue weighted by Gasteiger charge is 2.25. The van der Waals surface area contributed by atoms with Crippen LogP contribution in [0.25, 0.3) is 0 Å². The number of amides is 1. The van der Waals surface area contributed by atoms with E-state index in [-0.39, 0.29) is 11.9 Å². The molecule has 0 spiro atoms. The number of hydrogen-bond acceptors (Lipinski definition) is 3. The number of anilines is 1. The van der Waals surface area contributed by atoms with Crippen LogP contribution in [0.4, 0.5) is 5.69 Å². The maximum absolute atomic E-state index is 12.8. The van der Waals surface area contributed by atoms with Crippen LogP contribution in [0.3, 0.4) is 0 Å². The standard InChI is InChI=1S/C19H28N2O3S/c1-15(22)21-13-7-8-16-14-18(11-12-19(16)21)25(23,24)20-17-9-5-3-2-4-6-10-17/h11-12,14,17,20H,2-10,13H2,1H3. The third kappa shape index (κ3) is 4.42. The predicted octanol–water partition coefficient (Wildman–Crippen LogP) is 3.38. The Morgan fingerprint density at radius 3 is 2.44 bits per heavy atom. The van der Waals surface area contributed by atoms with E-state index < -0.39 is 10.0 Å². The summed E-state index contributed by atoms with van der Waals surface area (Å²) in [6, 6.07) is 5.19. The summed E-state index contributed by atoms with van der Waals surface area (Å²) in [5.41, 5.74) is 1.80. The van der Waals surface area contributed by atoms with Gasteiger partial charge in [-0.25, -0.2) is 13.1 Å². The zero-order chi connectivity index (χ0) is 17.9. The second-order valence-electron chi connectivity index (χ2n) is 7.23. The Labute approximate surface area is 150 Å². The molecular formula is C19H28N2O3S. The number of carbonyl (C=O) groups excluding carboxylic acids is 1. The van der Waals surface area contributed by atoms with Crippen molar-refractivity contribution in [3.05, 3.63) is 23.8 Å². The molecule has 5 nitrogen and oxygen atoms in total. The van der Waals surface area contributed by atoms with Gasteiger partial charge in [-0.2, -0.15) is 0 Å². The molecule has 1 amide bonds. The molecule has 1 saturated carbocycles. The number of hydrogen-bond donors (Lipinski definition) is 1.